The van der Waals surface area contributed by atoms with Crippen LogP contribution in [0.2, 0.25) is 0 Å². The van der Waals surface area contributed by atoms with Gasteiger partial charge in [0.2, 0.25) is 0 Å². The van der Waals surface area contributed by atoms with Gasteiger partial charge in [-0.1, -0.05) is 19.4 Å². The van der Waals surface area contributed by atoms with E-state index in [1.165, 1.54) is 7.11 Å². The fraction of sp³-hybridized carbons (Fsp3) is 0.385. The van der Waals surface area contributed by atoms with Gasteiger partial charge in [-0.3, -0.25) is 0 Å². The van der Waals surface area contributed by atoms with Gasteiger partial charge in [-0.2, -0.15) is 0 Å². The summed E-state index contributed by atoms with van der Waals surface area (Å²) in [6, 6.07) is 6.92. The summed E-state index contributed by atoms with van der Waals surface area (Å²) in [5.74, 6) is 0.443. The normalized spacial score (nSPS) is 9.58. The lowest BCUT2D eigenvalue weighted by Crippen LogP contribution is -2.27. The van der Waals surface area contributed by atoms with Gasteiger partial charge >= 0.3 is 6.09 Å². The van der Waals surface area contributed by atoms with Crippen LogP contribution >= 0.6 is 12.2 Å². The van der Waals surface area contributed by atoms with Crippen LogP contribution in [0.15, 0.2) is 24.3 Å². The van der Waals surface area contributed by atoms with Gasteiger partial charge in [-0.05, 0) is 30.8 Å². The fourth-order valence-electron chi connectivity index (χ4n) is 1.32. The lowest BCUT2D eigenvalue weighted by molar-refractivity contribution is 0.200. The zero-order chi connectivity index (χ0) is 14.1. The third kappa shape index (κ3) is 6.05. The summed E-state index contributed by atoms with van der Waals surface area (Å²) in [5.41, 5.74) is 0.700. The Balaban J connectivity index is 2.52. The molecule has 0 saturated heterocycles. The number of nitrogens with one attached hydrogen (secondary N) is 2. The van der Waals surface area contributed by atoms with Crippen molar-refractivity contribution in [1.82, 2.24) is 5.32 Å². The molecule has 0 saturated carbocycles. The van der Waals surface area contributed by atoms with Crippen LogP contribution in [0.5, 0.6) is 5.75 Å². The van der Waals surface area contributed by atoms with Gasteiger partial charge in [0, 0.05) is 18.3 Å². The Morgan fingerprint density at radius 2 is 2.21 bits per heavy atom. The van der Waals surface area contributed by atoms with Crippen LogP contribution in [-0.4, -0.2) is 24.9 Å². The number of benzene rings is 1. The number of rotatable bonds is 5. The summed E-state index contributed by atoms with van der Waals surface area (Å²) in [5, 5.41) is 5.78. The smallest absolute Gasteiger partial charge is 0.412 e. The average Bonchev–Trinajstić information content (AvgIpc) is 2.39. The molecule has 1 aromatic rings. The van der Waals surface area contributed by atoms with Gasteiger partial charge in [-0.15, -0.1) is 0 Å². The van der Waals surface area contributed by atoms with E-state index in [1.54, 1.807) is 24.3 Å². The summed E-state index contributed by atoms with van der Waals surface area (Å²) < 4.78 is 9.98. The maximum atomic E-state index is 11.5. The predicted octanol–water partition coefficient (Wildman–Crippen LogP) is 2.92. The van der Waals surface area contributed by atoms with E-state index < -0.39 is 6.09 Å². The zero-order valence-corrected chi connectivity index (χ0v) is 11.9. The minimum absolute atomic E-state index is 0.254. The minimum atomic E-state index is -0.458. The number of carbonyl (C=O) groups excluding carboxylic acids is 1. The van der Waals surface area contributed by atoms with Crippen LogP contribution in [-0.2, 0) is 4.74 Å². The molecule has 0 aromatic heterocycles. The Bertz CT molecular complexity index is 438. The van der Waals surface area contributed by atoms with Crippen molar-refractivity contribution in [2.45, 2.75) is 19.8 Å². The number of amides is 1. The van der Waals surface area contributed by atoms with E-state index in [0.29, 0.717) is 18.0 Å². The topological polar surface area (TPSA) is 59.6 Å². The van der Waals surface area contributed by atoms with Crippen LogP contribution in [0.25, 0.3) is 0 Å². The summed E-state index contributed by atoms with van der Waals surface area (Å²) >= 11 is 4.89. The number of methoxy groups -OCH3 is 1. The predicted molar refractivity (Wildman–Crippen MR) is 78.6 cm³/mol. The quantitative estimate of drug-likeness (QED) is 0.642. The molecule has 19 heavy (non-hydrogen) atoms. The molecule has 0 radical (unpaired) electrons. The highest BCUT2D eigenvalue weighted by Crippen LogP contribution is 2.17. The second-order valence-corrected chi connectivity index (χ2v) is 4.19. The van der Waals surface area contributed by atoms with Gasteiger partial charge in [0.05, 0.1) is 7.11 Å². The van der Waals surface area contributed by atoms with Gasteiger partial charge in [-0.25, -0.2) is 4.79 Å². The Morgan fingerprint density at radius 1 is 1.42 bits per heavy atom. The number of unbranched alkanes of at least 4 members (excludes halogenated alkanes) is 1. The largest absolute Gasteiger partial charge is 0.474 e. The Hall–Kier alpha value is -1.82. The summed E-state index contributed by atoms with van der Waals surface area (Å²) in [6.45, 7) is 2.67. The van der Waals surface area contributed by atoms with Gasteiger partial charge < -0.3 is 20.1 Å². The molecule has 1 amide bonds. The molecule has 104 valence electrons. The first kappa shape index (κ1) is 15.2. The monoisotopic (exact) mass is 282 g/mol. The fourth-order valence-corrected chi connectivity index (χ4v) is 1.43. The molecule has 0 bridgehead atoms. The molecule has 2 N–H and O–H groups in total. The molecule has 0 unspecified atom stereocenters. The first-order chi connectivity index (χ1) is 9.15. The van der Waals surface area contributed by atoms with Crippen molar-refractivity contribution in [3.63, 3.8) is 0 Å². The number of anilines is 1. The Labute approximate surface area is 118 Å². The summed E-state index contributed by atoms with van der Waals surface area (Å²) in [4.78, 5) is 11.5. The van der Waals surface area contributed by atoms with E-state index in [0.717, 1.165) is 12.8 Å². The number of hydrogen-bond donors (Lipinski definition) is 2. The van der Waals surface area contributed by atoms with E-state index in [-0.39, 0.29) is 5.17 Å². The second kappa shape index (κ2) is 8.31. The molecular weight excluding hydrogens is 264 g/mol. The van der Waals surface area contributed by atoms with E-state index >= 15 is 0 Å². The van der Waals surface area contributed by atoms with Crippen LogP contribution in [0.4, 0.5) is 10.5 Å². The van der Waals surface area contributed by atoms with Crippen LogP contribution in [0.3, 0.4) is 0 Å². The molecule has 0 heterocycles. The standard InChI is InChI=1S/C13H18N2O3S/c1-3-4-8-14-12(16)18-11-7-5-6-10(9-11)15-13(19)17-2/h5-7,9H,3-4,8H2,1-2H3,(H,14,16)(H,15,19). The SMILES string of the molecule is CCCCNC(=O)Oc1cccc(NC(=S)OC)c1. The molecular formula is C13H18N2O3S. The van der Waals surface area contributed by atoms with Crippen LogP contribution in [0.1, 0.15) is 19.8 Å². The van der Waals surface area contributed by atoms with Crippen molar-refractivity contribution in [2.24, 2.45) is 0 Å². The Morgan fingerprint density at radius 3 is 2.89 bits per heavy atom. The highest BCUT2D eigenvalue weighted by atomic mass is 32.1. The van der Waals surface area contributed by atoms with Crippen molar-refractivity contribution < 1.29 is 14.3 Å². The highest BCUT2D eigenvalue weighted by molar-refractivity contribution is 7.80. The van der Waals surface area contributed by atoms with Crippen LogP contribution in [0, 0.1) is 0 Å². The lowest BCUT2D eigenvalue weighted by atomic mass is 10.3. The summed E-state index contributed by atoms with van der Waals surface area (Å²) in [6.07, 6.45) is 1.49. The molecule has 0 atom stereocenters. The van der Waals surface area contributed by atoms with E-state index in [4.69, 9.17) is 21.7 Å². The van der Waals surface area contributed by atoms with E-state index in [1.807, 2.05) is 0 Å². The highest BCUT2D eigenvalue weighted by Gasteiger charge is 2.04. The van der Waals surface area contributed by atoms with Gasteiger partial charge in [0.1, 0.15) is 5.75 Å². The molecule has 1 rings (SSSR count). The van der Waals surface area contributed by atoms with Gasteiger partial charge in [0.25, 0.3) is 5.17 Å². The second-order valence-electron chi connectivity index (χ2n) is 3.81. The van der Waals surface area contributed by atoms with E-state index in [2.05, 4.69) is 17.6 Å². The molecule has 5 nitrogen and oxygen atoms in total. The Kier molecular flexibility index (Phi) is 6.67. The molecule has 0 aliphatic heterocycles. The van der Waals surface area contributed by atoms with Crippen LogP contribution < -0.4 is 15.4 Å². The molecule has 0 aliphatic rings. The van der Waals surface area contributed by atoms with Crippen molar-refractivity contribution in [3.8, 4) is 5.75 Å². The first-order valence-corrected chi connectivity index (χ1v) is 6.47. The molecule has 0 spiro atoms. The number of carbonyl (C=O) groups is 1. The first-order valence-electron chi connectivity index (χ1n) is 6.06. The lowest BCUT2D eigenvalue weighted by Gasteiger charge is -2.09. The van der Waals surface area contributed by atoms with Crippen molar-refractivity contribution in [3.05, 3.63) is 24.3 Å². The minimum Gasteiger partial charge on any atom is -0.474 e. The van der Waals surface area contributed by atoms with Gasteiger partial charge in [0.15, 0.2) is 0 Å². The maximum Gasteiger partial charge on any atom is 0.412 e. The van der Waals surface area contributed by atoms with Crippen molar-refractivity contribution in [2.75, 3.05) is 19.0 Å². The zero-order valence-electron chi connectivity index (χ0n) is 11.1. The third-order valence-corrected chi connectivity index (χ3v) is 2.54. The van der Waals surface area contributed by atoms with E-state index in [9.17, 15) is 4.79 Å². The average molecular weight is 282 g/mol. The molecule has 1 aromatic carbocycles. The third-order valence-electron chi connectivity index (χ3n) is 2.28. The number of hydrogen-bond acceptors (Lipinski definition) is 4. The molecule has 0 aliphatic carbocycles. The summed E-state index contributed by atoms with van der Waals surface area (Å²) in [7, 11) is 1.48. The van der Waals surface area contributed by atoms with Crippen molar-refractivity contribution in [1.29, 1.82) is 0 Å². The maximum absolute atomic E-state index is 11.5. The van der Waals surface area contributed by atoms with Crippen molar-refractivity contribution >= 4 is 29.2 Å². The molecule has 0 fully saturated rings. The molecule has 6 heteroatoms. The number of thiocarbonyl (C=S) groups is 1. The number of ether oxygens (including phenoxy) is 2.